The molecule has 8 heteroatoms. The van der Waals surface area contributed by atoms with Gasteiger partial charge in [-0.25, -0.2) is 13.4 Å². The minimum atomic E-state index is -3.60. The number of amides is 1. The number of carbonyl (C=O) groups is 1. The molecule has 1 aliphatic rings. The van der Waals surface area contributed by atoms with E-state index in [1.54, 1.807) is 30.3 Å². The molecule has 144 valence electrons. The van der Waals surface area contributed by atoms with E-state index < -0.39 is 15.7 Å². The first-order valence-electron chi connectivity index (χ1n) is 8.72. The third-order valence-electron chi connectivity index (χ3n) is 4.46. The van der Waals surface area contributed by atoms with E-state index in [0.717, 1.165) is 5.69 Å². The Labute approximate surface area is 162 Å². The highest BCUT2D eigenvalue weighted by atomic mass is 32.2. The molecule has 7 nitrogen and oxygen atoms in total. The Hall–Kier alpha value is -3.13. The van der Waals surface area contributed by atoms with Crippen LogP contribution in [0.3, 0.4) is 0 Å². The van der Waals surface area contributed by atoms with Crippen LogP contribution in [0.2, 0.25) is 0 Å². The van der Waals surface area contributed by atoms with Crippen molar-refractivity contribution in [3.05, 3.63) is 71.8 Å². The molecule has 1 aliphatic heterocycles. The molecular weight excluding hydrogens is 380 g/mol. The molecule has 2 aromatic heterocycles. The number of sulfone groups is 1. The second-order valence-corrected chi connectivity index (χ2v) is 8.42. The molecule has 0 bridgehead atoms. The molecule has 4 rings (SSSR count). The van der Waals surface area contributed by atoms with Gasteiger partial charge in [-0.15, -0.1) is 0 Å². The van der Waals surface area contributed by atoms with Crippen LogP contribution in [0.4, 0.5) is 5.69 Å². The van der Waals surface area contributed by atoms with E-state index in [9.17, 15) is 13.2 Å². The van der Waals surface area contributed by atoms with Crippen LogP contribution in [0, 0.1) is 6.92 Å². The normalized spacial score (nSPS) is 13.7. The molecule has 1 aromatic carbocycles. The van der Waals surface area contributed by atoms with Crippen LogP contribution >= 0.6 is 0 Å². The number of fused-ring (bicyclic) bond motifs is 1. The Morgan fingerprint density at radius 3 is 2.71 bits per heavy atom. The van der Waals surface area contributed by atoms with Gasteiger partial charge in [-0.1, -0.05) is 18.2 Å². The molecule has 3 heterocycles. The number of benzene rings is 1. The number of ether oxygens (including phenoxy) is 1. The summed E-state index contributed by atoms with van der Waals surface area (Å²) in [4.78, 5) is 19.1. The maximum absolute atomic E-state index is 13.1. The number of hydrogen-bond donors (Lipinski definition) is 0. The van der Waals surface area contributed by atoms with Crippen molar-refractivity contribution in [1.29, 1.82) is 0 Å². The first-order chi connectivity index (χ1) is 13.5. The van der Waals surface area contributed by atoms with E-state index in [2.05, 4.69) is 4.98 Å². The Morgan fingerprint density at radius 2 is 1.93 bits per heavy atom. The zero-order valence-corrected chi connectivity index (χ0v) is 16.0. The van der Waals surface area contributed by atoms with Crippen LogP contribution in [0.25, 0.3) is 0 Å². The van der Waals surface area contributed by atoms with Crippen LogP contribution in [0.15, 0.2) is 64.1 Å². The zero-order valence-electron chi connectivity index (χ0n) is 15.2. The molecule has 0 unspecified atom stereocenters. The van der Waals surface area contributed by atoms with Gasteiger partial charge in [0.25, 0.3) is 5.91 Å². The van der Waals surface area contributed by atoms with Gasteiger partial charge in [0, 0.05) is 11.3 Å². The van der Waals surface area contributed by atoms with Gasteiger partial charge < -0.3 is 9.15 Å². The van der Waals surface area contributed by atoms with Gasteiger partial charge in [0.1, 0.15) is 12.3 Å². The van der Waals surface area contributed by atoms with Crippen molar-refractivity contribution in [3.63, 3.8) is 0 Å². The van der Waals surface area contributed by atoms with Gasteiger partial charge in [0.15, 0.2) is 15.6 Å². The van der Waals surface area contributed by atoms with E-state index >= 15 is 0 Å². The van der Waals surface area contributed by atoms with Crippen molar-refractivity contribution >= 4 is 21.4 Å². The molecule has 0 radical (unpaired) electrons. The minimum Gasteiger partial charge on any atom is -0.474 e. The second-order valence-electron chi connectivity index (χ2n) is 6.43. The molecule has 0 N–H and O–H groups in total. The van der Waals surface area contributed by atoms with Gasteiger partial charge in [0.2, 0.25) is 5.88 Å². The number of nitrogens with zero attached hydrogens (tertiary/aromatic N) is 2. The lowest BCUT2D eigenvalue weighted by Crippen LogP contribution is -2.38. The molecule has 1 amide bonds. The molecule has 0 saturated carbocycles. The maximum Gasteiger partial charge on any atom is 0.294 e. The summed E-state index contributed by atoms with van der Waals surface area (Å²) in [5.41, 5.74) is 1.64. The number of aryl methyl sites for hydroxylation is 1. The topological polar surface area (TPSA) is 89.7 Å². The van der Waals surface area contributed by atoms with Crippen molar-refractivity contribution in [2.45, 2.75) is 17.6 Å². The molecule has 28 heavy (non-hydrogen) atoms. The smallest absolute Gasteiger partial charge is 0.294 e. The standard InChI is InChI=1S/C20H18N2O5S/c1-14-7-8-17-19(21-14)27-12-10-22(17)20(23)18-15(9-11-26-18)13-28(24,25)16-5-3-2-4-6-16/h2-9,11H,10,12-13H2,1H3. The van der Waals surface area contributed by atoms with Crippen molar-refractivity contribution in [2.75, 3.05) is 18.1 Å². The number of rotatable bonds is 4. The predicted octanol–water partition coefficient (Wildman–Crippen LogP) is 3.00. The highest BCUT2D eigenvalue weighted by Gasteiger charge is 2.30. The number of aromatic nitrogens is 1. The number of hydrogen-bond acceptors (Lipinski definition) is 6. The SMILES string of the molecule is Cc1ccc2c(n1)OCCN2C(=O)c1occc1CS(=O)(=O)c1ccccc1. The quantitative estimate of drug-likeness (QED) is 0.671. The summed E-state index contributed by atoms with van der Waals surface area (Å²) in [5, 5.41) is 0. The highest BCUT2D eigenvalue weighted by molar-refractivity contribution is 7.90. The first kappa shape index (κ1) is 18.2. The lowest BCUT2D eigenvalue weighted by Gasteiger charge is -2.28. The first-order valence-corrected chi connectivity index (χ1v) is 10.4. The van der Waals surface area contributed by atoms with Crippen molar-refractivity contribution < 1.29 is 22.4 Å². The fourth-order valence-corrected chi connectivity index (χ4v) is 4.45. The summed E-state index contributed by atoms with van der Waals surface area (Å²) in [5.74, 6) is -0.353. The molecule has 0 fully saturated rings. The highest BCUT2D eigenvalue weighted by Crippen LogP contribution is 2.32. The summed E-state index contributed by atoms with van der Waals surface area (Å²) in [6.07, 6.45) is 1.33. The summed E-state index contributed by atoms with van der Waals surface area (Å²) < 4.78 is 36.3. The molecule has 0 atom stereocenters. The predicted molar refractivity (Wildman–Crippen MR) is 102 cm³/mol. The average molecular weight is 398 g/mol. The Kier molecular flexibility index (Phi) is 4.64. The van der Waals surface area contributed by atoms with E-state index in [4.69, 9.17) is 9.15 Å². The van der Waals surface area contributed by atoms with Gasteiger partial charge >= 0.3 is 0 Å². The fraction of sp³-hybridized carbons (Fsp3) is 0.200. The third kappa shape index (κ3) is 3.38. The maximum atomic E-state index is 13.1. The van der Waals surface area contributed by atoms with Crippen molar-refractivity contribution in [3.8, 4) is 5.88 Å². The minimum absolute atomic E-state index is 0.00734. The lowest BCUT2D eigenvalue weighted by molar-refractivity contribution is 0.0948. The average Bonchev–Trinajstić information content (AvgIpc) is 3.14. The molecule has 0 aliphatic carbocycles. The zero-order chi connectivity index (χ0) is 19.7. The van der Waals surface area contributed by atoms with E-state index in [0.29, 0.717) is 30.3 Å². The van der Waals surface area contributed by atoms with Gasteiger partial charge in [-0.3, -0.25) is 9.69 Å². The van der Waals surface area contributed by atoms with E-state index in [-0.39, 0.29) is 16.4 Å². The summed E-state index contributed by atoms with van der Waals surface area (Å²) in [7, 11) is -3.60. The van der Waals surface area contributed by atoms with Crippen LogP contribution in [0.1, 0.15) is 21.8 Å². The number of pyridine rings is 1. The third-order valence-corrected chi connectivity index (χ3v) is 6.14. The molecular formula is C20H18N2O5S. The Bertz CT molecular complexity index is 1120. The summed E-state index contributed by atoms with van der Waals surface area (Å²) >= 11 is 0. The second kappa shape index (κ2) is 7.12. The Morgan fingerprint density at radius 1 is 1.14 bits per heavy atom. The van der Waals surface area contributed by atoms with Crippen molar-refractivity contribution in [2.24, 2.45) is 0 Å². The summed E-state index contributed by atoms with van der Waals surface area (Å²) in [6, 6.07) is 13.2. The van der Waals surface area contributed by atoms with E-state index in [1.807, 2.05) is 6.92 Å². The largest absolute Gasteiger partial charge is 0.474 e. The van der Waals surface area contributed by atoms with Gasteiger partial charge in [-0.05, 0) is 37.3 Å². The van der Waals surface area contributed by atoms with Crippen LogP contribution in [-0.2, 0) is 15.6 Å². The molecule has 0 saturated heterocycles. The summed E-state index contributed by atoms with van der Waals surface area (Å²) in [6.45, 7) is 2.46. The van der Waals surface area contributed by atoms with E-state index in [1.165, 1.54) is 29.4 Å². The van der Waals surface area contributed by atoms with Crippen LogP contribution in [0.5, 0.6) is 5.88 Å². The molecule has 3 aromatic rings. The fourth-order valence-electron chi connectivity index (χ4n) is 3.08. The van der Waals surface area contributed by atoms with Gasteiger partial charge in [-0.2, -0.15) is 0 Å². The van der Waals surface area contributed by atoms with Crippen LogP contribution < -0.4 is 9.64 Å². The van der Waals surface area contributed by atoms with Gasteiger partial charge in [0.05, 0.1) is 23.5 Å². The van der Waals surface area contributed by atoms with Crippen LogP contribution in [-0.4, -0.2) is 32.5 Å². The molecule has 0 spiro atoms. The Balaban J connectivity index is 1.64. The lowest BCUT2D eigenvalue weighted by atomic mass is 10.2. The number of furan rings is 1. The van der Waals surface area contributed by atoms with Crippen molar-refractivity contribution in [1.82, 2.24) is 4.98 Å². The monoisotopic (exact) mass is 398 g/mol. The number of anilines is 1. The number of carbonyl (C=O) groups excluding carboxylic acids is 1.